The smallest absolute Gasteiger partial charge is 0.248 e. The van der Waals surface area contributed by atoms with Gasteiger partial charge in [0.05, 0.1) is 6.42 Å². The molecule has 1 fully saturated rings. The van der Waals surface area contributed by atoms with E-state index in [-0.39, 0.29) is 11.8 Å². The Labute approximate surface area is 196 Å². The van der Waals surface area contributed by atoms with Crippen molar-refractivity contribution >= 4 is 29.0 Å². The molecule has 2 aromatic rings. The lowest BCUT2D eigenvalue weighted by molar-refractivity contribution is -0.163. The van der Waals surface area contributed by atoms with Crippen LogP contribution >= 0.6 is 11.6 Å². The quantitative estimate of drug-likeness (QED) is 0.522. The summed E-state index contributed by atoms with van der Waals surface area (Å²) in [6, 6.07) is 15.5. The minimum Gasteiger partial charge on any atom is -0.339 e. The van der Waals surface area contributed by atoms with Gasteiger partial charge in [0, 0.05) is 25.2 Å². The van der Waals surface area contributed by atoms with Gasteiger partial charge in [0.1, 0.15) is 5.54 Å². The van der Waals surface area contributed by atoms with Crippen molar-refractivity contribution in [2.24, 2.45) is 0 Å². The second-order valence-corrected chi connectivity index (χ2v) is 9.04. The number of carbonyl (C=O) groups excluding carboxylic acids is 2. The van der Waals surface area contributed by atoms with Gasteiger partial charge in [-0.25, -0.2) is 0 Å². The second kappa shape index (κ2) is 10.2. The fourth-order valence-corrected chi connectivity index (χ4v) is 4.15. The molecule has 2 aromatic carbocycles. The van der Waals surface area contributed by atoms with E-state index < -0.39 is 5.54 Å². The molecule has 0 spiro atoms. The van der Waals surface area contributed by atoms with Gasteiger partial charge >= 0.3 is 0 Å². The SMILES string of the molecule is CC=CC=C(C)c1ccc(CC(=O)N2CCC2(C)C(=O)N(C)Cc2ccc(Cl)cc2)cc1. The Kier molecular flexibility index (Phi) is 7.57. The predicted molar refractivity (Wildman–Crippen MR) is 131 cm³/mol. The van der Waals surface area contributed by atoms with E-state index in [1.807, 2.05) is 74.5 Å². The van der Waals surface area contributed by atoms with Crippen molar-refractivity contribution in [2.45, 2.75) is 45.7 Å². The standard InChI is InChI=1S/C27H31ClN2O2/c1-5-6-7-20(2)23-12-8-21(9-13-23)18-25(31)30-17-16-27(30,3)26(32)29(4)19-22-10-14-24(28)15-11-22/h5-15H,16-19H2,1-4H3. The summed E-state index contributed by atoms with van der Waals surface area (Å²) in [6.07, 6.45) is 7.04. The van der Waals surface area contributed by atoms with Crippen LogP contribution in [0.5, 0.6) is 0 Å². The number of hydrogen-bond acceptors (Lipinski definition) is 2. The van der Waals surface area contributed by atoms with Gasteiger partial charge in [0.25, 0.3) is 0 Å². The molecule has 32 heavy (non-hydrogen) atoms. The van der Waals surface area contributed by atoms with Crippen LogP contribution in [0.15, 0.2) is 66.8 Å². The van der Waals surface area contributed by atoms with Crippen LogP contribution in [0.4, 0.5) is 0 Å². The highest BCUT2D eigenvalue weighted by Crippen LogP contribution is 2.33. The molecular formula is C27H31ClN2O2. The van der Waals surface area contributed by atoms with Crippen LogP contribution < -0.4 is 0 Å². The Morgan fingerprint density at radius 2 is 1.72 bits per heavy atom. The van der Waals surface area contributed by atoms with Crippen molar-refractivity contribution in [1.29, 1.82) is 0 Å². The van der Waals surface area contributed by atoms with Crippen LogP contribution in [0.2, 0.25) is 5.02 Å². The summed E-state index contributed by atoms with van der Waals surface area (Å²) >= 11 is 5.95. The van der Waals surface area contributed by atoms with Crippen LogP contribution in [0.3, 0.4) is 0 Å². The highest BCUT2D eigenvalue weighted by molar-refractivity contribution is 6.30. The third-order valence-electron chi connectivity index (χ3n) is 6.16. The van der Waals surface area contributed by atoms with E-state index >= 15 is 0 Å². The molecule has 4 nitrogen and oxygen atoms in total. The minimum absolute atomic E-state index is 0.0130. The lowest BCUT2D eigenvalue weighted by atomic mass is 9.84. The third kappa shape index (κ3) is 5.31. The first-order valence-electron chi connectivity index (χ1n) is 10.9. The maximum absolute atomic E-state index is 13.2. The van der Waals surface area contributed by atoms with E-state index in [4.69, 9.17) is 11.6 Å². The van der Waals surface area contributed by atoms with Crippen LogP contribution in [0.1, 0.15) is 43.9 Å². The summed E-state index contributed by atoms with van der Waals surface area (Å²) < 4.78 is 0. The lowest BCUT2D eigenvalue weighted by Gasteiger charge is -2.50. The van der Waals surface area contributed by atoms with E-state index in [1.165, 1.54) is 5.57 Å². The zero-order chi connectivity index (χ0) is 23.3. The summed E-state index contributed by atoms with van der Waals surface area (Å²) in [7, 11) is 1.78. The summed E-state index contributed by atoms with van der Waals surface area (Å²) in [5, 5.41) is 0.669. The van der Waals surface area contributed by atoms with Gasteiger partial charge in [0.15, 0.2) is 0 Å². The van der Waals surface area contributed by atoms with Gasteiger partial charge in [-0.2, -0.15) is 0 Å². The average Bonchev–Trinajstić information content (AvgIpc) is 2.77. The van der Waals surface area contributed by atoms with Crippen LogP contribution in [-0.4, -0.2) is 40.7 Å². The normalized spacial score (nSPS) is 18.5. The number of nitrogens with zero attached hydrogens (tertiary/aromatic N) is 2. The van der Waals surface area contributed by atoms with E-state index in [2.05, 4.69) is 13.0 Å². The predicted octanol–water partition coefficient (Wildman–Crippen LogP) is 5.51. The molecule has 0 bridgehead atoms. The van der Waals surface area contributed by atoms with Gasteiger partial charge in [-0.3, -0.25) is 9.59 Å². The summed E-state index contributed by atoms with van der Waals surface area (Å²) in [4.78, 5) is 29.6. The van der Waals surface area contributed by atoms with Crippen molar-refractivity contribution in [3.05, 3.63) is 88.5 Å². The Bertz CT molecular complexity index is 1020. The fourth-order valence-electron chi connectivity index (χ4n) is 4.02. The first kappa shape index (κ1) is 23.8. The molecule has 3 rings (SSSR count). The minimum atomic E-state index is -0.788. The molecule has 0 aromatic heterocycles. The van der Waals surface area contributed by atoms with Crippen molar-refractivity contribution in [1.82, 2.24) is 9.80 Å². The molecule has 0 N–H and O–H groups in total. The number of rotatable bonds is 7. The van der Waals surface area contributed by atoms with Crippen molar-refractivity contribution in [3.8, 4) is 0 Å². The summed E-state index contributed by atoms with van der Waals surface area (Å²) in [5.74, 6) is -0.0481. The number of carbonyl (C=O) groups is 2. The largest absolute Gasteiger partial charge is 0.339 e. The number of benzene rings is 2. The third-order valence-corrected chi connectivity index (χ3v) is 6.41. The molecule has 0 saturated carbocycles. The Hall–Kier alpha value is -2.85. The molecule has 1 aliphatic rings. The first-order valence-corrected chi connectivity index (χ1v) is 11.3. The summed E-state index contributed by atoms with van der Waals surface area (Å²) in [5.41, 5.74) is 3.47. The van der Waals surface area contributed by atoms with Crippen LogP contribution in [0, 0.1) is 0 Å². The van der Waals surface area contributed by atoms with Crippen LogP contribution in [0.25, 0.3) is 5.57 Å². The topological polar surface area (TPSA) is 40.6 Å². The Balaban J connectivity index is 1.63. The van der Waals surface area contributed by atoms with E-state index in [9.17, 15) is 9.59 Å². The number of allylic oxidation sites excluding steroid dienone is 4. The van der Waals surface area contributed by atoms with E-state index in [1.54, 1.807) is 16.8 Å². The van der Waals surface area contributed by atoms with Gasteiger partial charge in [-0.05, 0) is 61.6 Å². The molecule has 5 heteroatoms. The zero-order valence-corrected chi connectivity index (χ0v) is 20.0. The fraction of sp³-hybridized carbons (Fsp3) is 0.333. The first-order chi connectivity index (χ1) is 15.2. The van der Waals surface area contributed by atoms with Gasteiger partial charge in [-0.15, -0.1) is 0 Å². The number of likely N-dealkylation sites (tertiary alicyclic amines) is 1. The van der Waals surface area contributed by atoms with Crippen LogP contribution in [-0.2, 0) is 22.6 Å². The summed E-state index contributed by atoms with van der Waals surface area (Å²) in [6.45, 7) is 7.02. The Morgan fingerprint density at radius 1 is 1.09 bits per heavy atom. The number of amides is 2. The van der Waals surface area contributed by atoms with Gasteiger partial charge in [0.2, 0.25) is 11.8 Å². The van der Waals surface area contributed by atoms with E-state index in [0.717, 1.165) is 16.7 Å². The molecule has 1 unspecified atom stereocenters. The van der Waals surface area contributed by atoms with E-state index in [0.29, 0.717) is 31.0 Å². The van der Waals surface area contributed by atoms with Crippen molar-refractivity contribution in [3.63, 3.8) is 0 Å². The zero-order valence-electron chi connectivity index (χ0n) is 19.3. The lowest BCUT2D eigenvalue weighted by Crippen LogP contribution is -2.67. The number of hydrogen-bond donors (Lipinski definition) is 0. The second-order valence-electron chi connectivity index (χ2n) is 8.61. The molecular weight excluding hydrogens is 420 g/mol. The maximum Gasteiger partial charge on any atom is 0.248 e. The van der Waals surface area contributed by atoms with Gasteiger partial charge in [-0.1, -0.05) is 66.2 Å². The molecule has 0 aliphatic carbocycles. The number of halogens is 1. The van der Waals surface area contributed by atoms with Crippen molar-refractivity contribution in [2.75, 3.05) is 13.6 Å². The molecule has 168 valence electrons. The molecule has 0 radical (unpaired) electrons. The molecule has 1 aliphatic heterocycles. The molecule has 1 saturated heterocycles. The van der Waals surface area contributed by atoms with Crippen molar-refractivity contribution < 1.29 is 9.59 Å². The Morgan fingerprint density at radius 3 is 2.28 bits per heavy atom. The average molecular weight is 451 g/mol. The maximum atomic E-state index is 13.2. The highest BCUT2D eigenvalue weighted by Gasteiger charge is 2.50. The molecule has 1 heterocycles. The highest BCUT2D eigenvalue weighted by atomic mass is 35.5. The van der Waals surface area contributed by atoms with Gasteiger partial charge < -0.3 is 9.80 Å². The monoisotopic (exact) mass is 450 g/mol. The number of likely N-dealkylation sites (N-methyl/N-ethyl adjacent to an activating group) is 1. The molecule has 1 atom stereocenters. The molecule has 2 amide bonds.